The molecule has 1 fully saturated rings. The third kappa shape index (κ3) is 3.49. The van der Waals surface area contributed by atoms with Crippen LogP contribution in [0.3, 0.4) is 0 Å². The topological polar surface area (TPSA) is 26.3 Å². The second kappa shape index (κ2) is 4.99. The van der Waals surface area contributed by atoms with Crippen LogP contribution in [0.5, 0.6) is 0 Å². The van der Waals surface area contributed by atoms with Gasteiger partial charge in [0, 0.05) is 6.42 Å². The quantitative estimate of drug-likeness (QED) is 0.548. The van der Waals surface area contributed by atoms with Crippen molar-refractivity contribution in [2.24, 2.45) is 11.3 Å². The van der Waals surface area contributed by atoms with Gasteiger partial charge in [0.25, 0.3) is 0 Å². The van der Waals surface area contributed by atoms with Gasteiger partial charge in [-0.2, -0.15) is 0 Å². The monoisotopic (exact) mass is 284 g/mol. The lowest BCUT2D eigenvalue weighted by Gasteiger charge is -2.46. The fourth-order valence-electron chi connectivity index (χ4n) is 3.33. The third-order valence-electron chi connectivity index (χ3n) is 5.23. The Labute approximate surface area is 120 Å². The van der Waals surface area contributed by atoms with Crippen LogP contribution in [0.2, 0.25) is 18.1 Å². The summed E-state index contributed by atoms with van der Waals surface area (Å²) in [6, 6.07) is 0. The molecule has 1 rings (SSSR count). The van der Waals surface area contributed by atoms with Crippen molar-refractivity contribution in [3.05, 3.63) is 0 Å². The Morgan fingerprint density at radius 3 is 2.16 bits per heavy atom. The van der Waals surface area contributed by atoms with Crippen molar-refractivity contribution in [2.75, 3.05) is 0 Å². The number of hydrogen-bond acceptors (Lipinski definition) is 2. The largest absolute Gasteiger partial charge is 0.411 e. The molecule has 0 heterocycles. The van der Waals surface area contributed by atoms with E-state index in [1.54, 1.807) is 0 Å². The van der Waals surface area contributed by atoms with E-state index in [1.807, 2.05) is 0 Å². The van der Waals surface area contributed by atoms with Gasteiger partial charge in [0.1, 0.15) is 6.29 Å². The molecule has 0 aromatic carbocycles. The maximum absolute atomic E-state index is 11.2. The Balaban J connectivity index is 3.06. The predicted octanol–water partition coefficient (Wildman–Crippen LogP) is 4.79. The summed E-state index contributed by atoms with van der Waals surface area (Å²) in [6.45, 7) is 18.2. The van der Waals surface area contributed by atoms with Gasteiger partial charge in [0.05, 0.1) is 5.60 Å². The summed E-state index contributed by atoms with van der Waals surface area (Å²) in [7, 11) is -1.84. The van der Waals surface area contributed by atoms with E-state index in [2.05, 4.69) is 54.6 Å². The molecule has 0 unspecified atom stereocenters. The molecule has 0 radical (unpaired) electrons. The number of hydrogen-bond donors (Lipinski definition) is 0. The Hall–Kier alpha value is -0.153. The van der Waals surface area contributed by atoms with E-state index in [0.29, 0.717) is 12.3 Å². The highest BCUT2D eigenvalue weighted by Crippen LogP contribution is 2.53. The van der Waals surface area contributed by atoms with Crippen LogP contribution in [-0.4, -0.2) is 20.2 Å². The summed E-state index contributed by atoms with van der Waals surface area (Å²) in [5.74, 6) is 0.460. The van der Waals surface area contributed by atoms with E-state index in [4.69, 9.17) is 4.43 Å². The molecule has 0 saturated heterocycles. The number of carbonyl (C=O) groups is 1. The SMILES string of the molecule is C[C@H]1CC(C)(C)C[C@@]1(CC=O)O[Si](C)(C)C(C)(C)C. The first-order valence-corrected chi connectivity index (χ1v) is 10.4. The number of rotatable bonds is 4. The highest BCUT2D eigenvalue weighted by atomic mass is 28.4. The molecule has 1 aliphatic rings. The van der Waals surface area contributed by atoms with Crippen LogP contribution in [0, 0.1) is 11.3 Å². The molecule has 1 saturated carbocycles. The van der Waals surface area contributed by atoms with Gasteiger partial charge in [-0.1, -0.05) is 41.5 Å². The fraction of sp³-hybridized carbons (Fsp3) is 0.938. The first kappa shape index (κ1) is 16.9. The Kier molecular flexibility index (Phi) is 4.44. The van der Waals surface area contributed by atoms with Crippen molar-refractivity contribution in [3.63, 3.8) is 0 Å². The molecule has 19 heavy (non-hydrogen) atoms. The predicted molar refractivity (Wildman–Crippen MR) is 83.9 cm³/mol. The van der Waals surface area contributed by atoms with Gasteiger partial charge in [-0.3, -0.25) is 0 Å². The minimum Gasteiger partial charge on any atom is -0.411 e. The van der Waals surface area contributed by atoms with E-state index >= 15 is 0 Å². The van der Waals surface area contributed by atoms with Crippen molar-refractivity contribution < 1.29 is 9.22 Å². The van der Waals surface area contributed by atoms with Gasteiger partial charge >= 0.3 is 0 Å². The van der Waals surface area contributed by atoms with Crippen molar-refractivity contribution >= 4 is 14.6 Å². The zero-order valence-electron chi connectivity index (χ0n) is 14.1. The lowest BCUT2D eigenvalue weighted by molar-refractivity contribution is -0.113. The minimum absolute atomic E-state index is 0.190. The standard InChI is InChI=1S/C16H32O2Si/c1-13-11-15(5,6)12-16(13,9-10-17)18-19(7,8)14(2,3)4/h10,13H,9,11-12H2,1-8H3/t13-,16+/m0/s1. The van der Waals surface area contributed by atoms with Gasteiger partial charge in [-0.05, 0) is 42.3 Å². The van der Waals surface area contributed by atoms with Crippen LogP contribution in [-0.2, 0) is 9.22 Å². The summed E-state index contributed by atoms with van der Waals surface area (Å²) in [6.07, 6.45) is 3.76. The molecule has 0 spiro atoms. The lowest BCUT2D eigenvalue weighted by Crippen LogP contribution is -2.51. The maximum Gasteiger partial charge on any atom is 0.192 e. The Bertz CT molecular complexity index is 341. The number of carbonyl (C=O) groups excluding carboxylic acids is 1. The van der Waals surface area contributed by atoms with Crippen LogP contribution < -0.4 is 0 Å². The van der Waals surface area contributed by atoms with Crippen LogP contribution in [0.1, 0.15) is 60.8 Å². The average molecular weight is 285 g/mol. The number of aldehydes is 1. The second-order valence-electron chi connectivity index (χ2n) is 8.74. The first-order chi connectivity index (χ1) is 8.35. The van der Waals surface area contributed by atoms with Gasteiger partial charge in [0.2, 0.25) is 0 Å². The van der Waals surface area contributed by atoms with Crippen LogP contribution in [0.25, 0.3) is 0 Å². The second-order valence-corrected chi connectivity index (χ2v) is 13.5. The van der Waals surface area contributed by atoms with Crippen molar-refractivity contribution in [2.45, 2.75) is 84.5 Å². The van der Waals surface area contributed by atoms with Gasteiger partial charge in [-0.25, -0.2) is 0 Å². The molecule has 3 heteroatoms. The molecule has 2 nitrogen and oxygen atoms in total. The highest BCUT2D eigenvalue weighted by molar-refractivity contribution is 6.74. The summed E-state index contributed by atoms with van der Waals surface area (Å²) in [4.78, 5) is 11.2. The van der Waals surface area contributed by atoms with E-state index in [-0.39, 0.29) is 16.1 Å². The van der Waals surface area contributed by atoms with Crippen molar-refractivity contribution in [1.82, 2.24) is 0 Å². The van der Waals surface area contributed by atoms with Crippen LogP contribution >= 0.6 is 0 Å². The van der Waals surface area contributed by atoms with Gasteiger partial charge < -0.3 is 9.22 Å². The molecular formula is C16H32O2Si. The first-order valence-electron chi connectivity index (χ1n) is 7.49. The highest BCUT2D eigenvalue weighted by Gasteiger charge is 2.53. The molecule has 0 amide bonds. The Morgan fingerprint density at radius 1 is 1.32 bits per heavy atom. The maximum atomic E-state index is 11.2. The summed E-state index contributed by atoms with van der Waals surface area (Å²) in [5.41, 5.74) is 0.0546. The van der Waals surface area contributed by atoms with Crippen LogP contribution in [0.15, 0.2) is 0 Å². The zero-order chi connectivity index (χ0) is 15.1. The normalized spacial score (nSPS) is 31.5. The molecule has 1 aliphatic carbocycles. The molecule has 0 aliphatic heterocycles. The van der Waals surface area contributed by atoms with E-state index in [9.17, 15) is 4.79 Å². The van der Waals surface area contributed by atoms with Crippen molar-refractivity contribution in [3.8, 4) is 0 Å². The summed E-state index contributed by atoms with van der Waals surface area (Å²) in [5, 5.41) is 0.190. The lowest BCUT2D eigenvalue weighted by atomic mass is 9.87. The molecule has 0 aromatic rings. The van der Waals surface area contributed by atoms with Crippen LogP contribution in [0.4, 0.5) is 0 Å². The van der Waals surface area contributed by atoms with Crippen molar-refractivity contribution in [1.29, 1.82) is 0 Å². The molecular weight excluding hydrogens is 252 g/mol. The average Bonchev–Trinajstić information content (AvgIpc) is 2.33. The molecule has 0 aromatic heterocycles. The smallest absolute Gasteiger partial charge is 0.192 e. The minimum atomic E-state index is -1.84. The van der Waals surface area contributed by atoms with Gasteiger partial charge in [-0.15, -0.1) is 0 Å². The molecule has 0 N–H and O–H groups in total. The van der Waals surface area contributed by atoms with Gasteiger partial charge in [0.15, 0.2) is 8.32 Å². The van der Waals surface area contributed by atoms with E-state index in [1.165, 1.54) is 0 Å². The zero-order valence-corrected chi connectivity index (χ0v) is 15.1. The van der Waals surface area contributed by atoms with E-state index < -0.39 is 8.32 Å². The summed E-state index contributed by atoms with van der Waals surface area (Å²) >= 11 is 0. The Morgan fingerprint density at radius 2 is 1.84 bits per heavy atom. The molecule has 112 valence electrons. The summed E-state index contributed by atoms with van der Waals surface area (Å²) < 4.78 is 6.75. The molecule has 2 atom stereocenters. The molecule has 0 bridgehead atoms. The fourth-order valence-corrected chi connectivity index (χ4v) is 5.00. The van der Waals surface area contributed by atoms with E-state index in [0.717, 1.165) is 19.1 Å². The third-order valence-corrected chi connectivity index (χ3v) is 9.76.